The highest BCUT2D eigenvalue weighted by molar-refractivity contribution is 7.80. The number of hydrogen-bond acceptors (Lipinski definition) is 2. The highest BCUT2D eigenvalue weighted by atomic mass is 35.5. The Bertz CT molecular complexity index is 585. The zero-order valence-corrected chi connectivity index (χ0v) is 12.5. The van der Waals surface area contributed by atoms with Gasteiger partial charge in [0.05, 0.1) is 6.42 Å². The van der Waals surface area contributed by atoms with Crippen molar-refractivity contribution in [2.45, 2.75) is 18.2 Å². The number of carboxylic acid groups (broad SMARTS) is 1. The average molecular weight is 313 g/mol. The van der Waals surface area contributed by atoms with Crippen molar-refractivity contribution in [2.24, 2.45) is 0 Å². The number of hydrogen-bond donors (Lipinski definition) is 2. The maximum Gasteiger partial charge on any atom is 0.307 e. The minimum absolute atomic E-state index is 0.0774. The number of rotatable bonds is 2. The maximum absolute atomic E-state index is 12.3. The van der Waals surface area contributed by atoms with Gasteiger partial charge in [-0.05, 0) is 42.3 Å². The monoisotopic (exact) mass is 312 g/mol. The molecular weight excluding hydrogens is 299 g/mol. The number of aryl methyl sites for hydroxylation is 1. The molecule has 0 amide bonds. The molecule has 0 bridgehead atoms. The van der Waals surface area contributed by atoms with E-state index in [9.17, 15) is 9.18 Å². The summed E-state index contributed by atoms with van der Waals surface area (Å²) in [5.74, 6) is -1.09. The van der Waals surface area contributed by atoms with E-state index in [0.29, 0.717) is 5.02 Å². The lowest BCUT2D eigenvalue weighted by Gasteiger charge is -1.95. The summed E-state index contributed by atoms with van der Waals surface area (Å²) in [7, 11) is 0. The van der Waals surface area contributed by atoms with Gasteiger partial charge in [-0.1, -0.05) is 29.8 Å². The summed E-state index contributed by atoms with van der Waals surface area (Å²) in [4.78, 5) is 11.1. The van der Waals surface area contributed by atoms with E-state index in [4.69, 9.17) is 16.7 Å². The van der Waals surface area contributed by atoms with Crippen molar-refractivity contribution in [1.29, 1.82) is 0 Å². The molecule has 2 aromatic carbocycles. The highest BCUT2D eigenvalue weighted by Gasteiger charge is 1.98. The number of carboxylic acids is 1. The molecule has 2 aromatic rings. The molecule has 5 heteroatoms. The molecule has 0 saturated heterocycles. The average Bonchev–Trinajstić information content (AvgIpc) is 2.37. The van der Waals surface area contributed by atoms with Crippen LogP contribution in [0, 0.1) is 12.7 Å². The first kappa shape index (κ1) is 16.5. The van der Waals surface area contributed by atoms with Gasteiger partial charge in [0, 0.05) is 9.92 Å². The largest absolute Gasteiger partial charge is 0.481 e. The number of halogens is 2. The summed E-state index contributed by atoms with van der Waals surface area (Å²) >= 11 is 9.65. The minimum Gasteiger partial charge on any atom is -0.481 e. The lowest BCUT2D eigenvalue weighted by molar-refractivity contribution is -0.136. The van der Waals surface area contributed by atoms with Gasteiger partial charge >= 0.3 is 5.97 Å². The zero-order valence-electron chi connectivity index (χ0n) is 10.8. The Morgan fingerprint density at radius 2 is 1.85 bits per heavy atom. The molecule has 0 unspecified atom stereocenters. The Hall–Kier alpha value is -1.52. The molecule has 1 N–H and O–H groups in total. The second kappa shape index (κ2) is 7.92. The Morgan fingerprint density at radius 1 is 1.25 bits per heavy atom. The van der Waals surface area contributed by atoms with Crippen LogP contribution in [0.5, 0.6) is 0 Å². The number of thiol groups is 1. The van der Waals surface area contributed by atoms with E-state index < -0.39 is 5.97 Å². The van der Waals surface area contributed by atoms with Gasteiger partial charge in [0.2, 0.25) is 0 Å². The van der Waals surface area contributed by atoms with E-state index in [1.54, 1.807) is 30.3 Å². The Kier molecular flexibility index (Phi) is 6.55. The van der Waals surface area contributed by atoms with Crippen molar-refractivity contribution in [3.05, 3.63) is 64.4 Å². The van der Waals surface area contributed by atoms with Crippen molar-refractivity contribution in [2.75, 3.05) is 0 Å². The first-order valence-electron chi connectivity index (χ1n) is 5.80. The van der Waals surface area contributed by atoms with Crippen molar-refractivity contribution < 1.29 is 14.3 Å². The van der Waals surface area contributed by atoms with Crippen LogP contribution >= 0.6 is 24.2 Å². The lowest BCUT2D eigenvalue weighted by atomic mass is 10.2. The smallest absolute Gasteiger partial charge is 0.307 e. The summed E-state index contributed by atoms with van der Waals surface area (Å²) in [5, 5.41) is 8.90. The molecule has 0 atom stereocenters. The molecule has 0 fully saturated rings. The molecule has 0 aromatic heterocycles. The summed E-state index contributed by atoms with van der Waals surface area (Å²) in [5.41, 5.74) is 1.70. The van der Waals surface area contributed by atoms with Gasteiger partial charge in [-0.25, -0.2) is 4.39 Å². The molecule has 0 aliphatic rings. The molecule has 0 aliphatic heterocycles. The van der Waals surface area contributed by atoms with Crippen LogP contribution in [0.25, 0.3) is 0 Å². The maximum atomic E-state index is 12.3. The number of benzene rings is 2. The molecular formula is C15H14ClFO2S. The Morgan fingerprint density at radius 3 is 2.30 bits per heavy atom. The van der Waals surface area contributed by atoms with E-state index in [1.807, 2.05) is 6.92 Å². The standard InChI is InChI=1S/C8H8O2S.C7H6ClF/c9-8(10)5-6-1-3-7(11)4-2-6;1-5-2-3-6(9)4-7(5)8/h1-4,11H,5H2,(H,9,10);2-4H,1H3. The van der Waals surface area contributed by atoms with Gasteiger partial charge in [-0.2, -0.15) is 0 Å². The Balaban J connectivity index is 0.000000204. The second-order valence-electron chi connectivity index (χ2n) is 4.13. The third kappa shape index (κ3) is 6.08. The normalized spacial score (nSPS) is 9.60. The predicted molar refractivity (Wildman–Crippen MR) is 81.2 cm³/mol. The van der Waals surface area contributed by atoms with E-state index in [1.165, 1.54) is 12.1 Å². The van der Waals surface area contributed by atoms with Crippen LogP contribution in [-0.4, -0.2) is 11.1 Å². The van der Waals surface area contributed by atoms with Gasteiger partial charge in [0.1, 0.15) is 5.82 Å². The summed E-state index contributed by atoms with van der Waals surface area (Å²) in [6.45, 7) is 1.84. The molecule has 20 heavy (non-hydrogen) atoms. The van der Waals surface area contributed by atoms with E-state index in [2.05, 4.69) is 12.6 Å². The fourth-order valence-electron chi connectivity index (χ4n) is 1.36. The van der Waals surface area contributed by atoms with Crippen molar-refractivity contribution in [3.8, 4) is 0 Å². The van der Waals surface area contributed by atoms with Crippen molar-refractivity contribution in [3.63, 3.8) is 0 Å². The first-order valence-corrected chi connectivity index (χ1v) is 6.62. The highest BCUT2D eigenvalue weighted by Crippen LogP contribution is 2.14. The van der Waals surface area contributed by atoms with Crippen LogP contribution in [0.15, 0.2) is 47.4 Å². The third-order valence-corrected chi connectivity index (χ3v) is 3.13. The Labute approximate surface area is 127 Å². The number of carbonyl (C=O) groups is 1. The summed E-state index contributed by atoms with van der Waals surface area (Å²) in [6, 6.07) is 11.4. The van der Waals surface area contributed by atoms with Gasteiger partial charge in [0.15, 0.2) is 0 Å². The fraction of sp³-hybridized carbons (Fsp3) is 0.133. The predicted octanol–water partition coefficient (Wildman–Crippen LogP) is 4.39. The molecule has 2 rings (SSSR count). The van der Waals surface area contributed by atoms with Crippen molar-refractivity contribution >= 4 is 30.2 Å². The topological polar surface area (TPSA) is 37.3 Å². The number of aliphatic carboxylic acids is 1. The second-order valence-corrected chi connectivity index (χ2v) is 5.05. The van der Waals surface area contributed by atoms with Gasteiger partial charge in [0.25, 0.3) is 0 Å². The van der Waals surface area contributed by atoms with Crippen LogP contribution in [0.1, 0.15) is 11.1 Å². The summed E-state index contributed by atoms with van der Waals surface area (Å²) in [6.07, 6.45) is 0.0774. The minimum atomic E-state index is -0.808. The molecule has 2 nitrogen and oxygen atoms in total. The van der Waals surface area contributed by atoms with Crippen LogP contribution in [0.2, 0.25) is 5.02 Å². The van der Waals surface area contributed by atoms with E-state index in [-0.39, 0.29) is 12.2 Å². The third-order valence-electron chi connectivity index (χ3n) is 2.43. The van der Waals surface area contributed by atoms with Crippen molar-refractivity contribution in [1.82, 2.24) is 0 Å². The van der Waals surface area contributed by atoms with Crippen LogP contribution in [-0.2, 0) is 11.2 Å². The molecule has 0 saturated carbocycles. The van der Waals surface area contributed by atoms with Gasteiger partial charge in [-0.3, -0.25) is 4.79 Å². The van der Waals surface area contributed by atoms with E-state index >= 15 is 0 Å². The van der Waals surface area contributed by atoms with Gasteiger partial charge < -0.3 is 5.11 Å². The van der Waals surface area contributed by atoms with Crippen LogP contribution in [0.3, 0.4) is 0 Å². The molecule has 0 aliphatic carbocycles. The lowest BCUT2D eigenvalue weighted by Crippen LogP contribution is -1.99. The zero-order chi connectivity index (χ0) is 15.1. The quantitative estimate of drug-likeness (QED) is 0.807. The molecule has 106 valence electrons. The first-order chi connectivity index (χ1) is 9.38. The van der Waals surface area contributed by atoms with E-state index in [0.717, 1.165) is 16.0 Å². The summed E-state index contributed by atoms with van der Waals surface area (Å²) < 4.78 is 12.3. The van der Waals surface area contributed by atoms with Crippen LogP contribution in [0.4, 0.5) is 4.39 Å². The molecule has 0 spiro atoms. The molecule has 0 heterocycles. The molecule has 0 radical (unpaired) electrons. The van der Waals surface area contributed by atoms with Crippen LogP contribution < -0.4 is 0 Å². The fourth-order valence-corrected chi connectivity index (χ4v) is 1.67. The SMILES string of the molecule is Cc1ccc(F)cc1Cl.O=C(O)Cc1ccc(S)cc1. The van der Waals surface area contributed by atoms with Gasteiger partial charge in [-0.15, -0.1) is 12.6 Å².